The maximum absolute atomic E-state index is 13.2. The Hall–Kier alpha value is -3.32. The molecule has 1 unspecified atom stereocenters. The van der Waals surface area contributed by atoms with Gasteiger partial charge in [0, 0.05) is 12.1 Å². The molecule has 35 heavy (non-hydrogen) atoms. The number of aliphatic hydroxyl groups excluding tert-OH is 1. The van der Waals surface area contributed by atoms with Crippen LogP contribution in [0.25, 0.3) is 5.76 Å². The summed E-state index contributed by atoms with van der Waals surface area (Å²) in [6.07, 6.45) is 0.716. The lowest BCUT2D eigenvalue weighted by Gasteiger charge is -2.26. The monoisotopic (exact) mass is 480 g/mol. The topological polar surface area (TPSA) is 79.3 Å². The standard InChI is InChI=1S/C28H36N2O5/c1-7-34-22-12-9-20(10-13-22)25-24(27(32)28(33)30(25)16-8-15-29(5)6)26(31)21-11-14-23(19(4)17-21)35-18(2)3/h9-14,17-18,25,31H,7-8,15-16H2,1-6H3/b26-24-. The van der Waals surface area contributed by atoms with Crippen molar-refractivity contribution in [2.75, 3.05) is 33.8 Å². The number of likely N-dealkylation sites (tertiary alicyclic amines) is 1. The van der Waals surface area contributed by atoms with Crippen molar-refractivity contribution in [3.8, 4) is 11.5 Å². The average Bonchev–Trinajstić information content (AvgIpc) is 3.05. The molecule has 1 saturated heterocycles. The number of hydrogen-bond donors (Lipinski definition) is 1. The first-order chi connectivity index (χ1) is 16.6. The van der Waals surface area contributed by atoms with Gasteiger partial charge in [-0.15, -0.1) is 0 Å². The molecule has 1 aliphatic rings. The van der Waals surface area contributed by atoms with Crippen molar-refractivity contribution in [3.63, 3.8) is 0 Å². The number of aliphatic hydroxyl groups is 1. The quantitative estimate of drug-likeness (QED) is 0.305. The number of Topliss-reactive ketones (excluding diaryl/α,β-unsaturated/α-hetero) is 1. The molecule has 1 heterocycles. The smallest absolute Gasteiger partial charge is 0.295 e. The summed E-state index contributed by atoms with van der Waals surface area (Å²) in [5.41, 5.74) is 2.15. The number of benzene rings is 2. The van der Waals surface area contributed by atoms with E-state index in [0.717, 1.165) is 17.7 Å². The number of aryl methyl sites for hydroxylation is 1. The van der Waals surface area contributed by atoms with E-state index in [9.17, 15) is 14.7 Å². The van der Waals surface area contributed by atoms with E-state index < -0.39 is 17.7 Å². The highest BCUT2D eigenvalue weighted by Crippen LogP contribution is 2.40. The Morgan fingerprint density at radius 3 is 2.37 bits per heavy atom. The van der Waals surface area contributed by atoms with E-state index in [1.165, 1.54) is 0 Å². The second kappa shape index (κ2) is 11.4. The highest BCUT2D eigenvalue weighted by molar-refractivity contribution is 6.46. The van der Waals surface area contributed by atoms with Crippen LogP contribution in [0.15, 0.2) is 48.0 Å². The van der Waals surface area contributed by atoms with Crippen LogP contribution in [-0.4, -0.2) is 66.5 Å². The molecule has 1 fully saturated rings. The van der Waals surface area contributed by atoms with Gasteiger partial charge in [-0.3, -0.25) is 9.59 Å². The first-order valence-electron chi connectivity index (χ1n) is 12.1. The van der Waals surface area contributed by atoms with E-state index >= 15 is 0 Å². The number of carbonyl (C=O) groups excluding carboxylic acids is 2. The third-order valence-electron chi connectivity index (χ3n) is 5.86. The van der Waals surface area contributed by atoms with E-state index in [0.29, 0.717) is 36.6 Å². The number of nitrogens with zero attached hydrogens (tertiary/aromatic N) is 2. The first kappa shape index (κ1) is 26.3. The number of ether oxygens (including phenoxy) is 2. The van der Waals surface area contributed by atoms with Crippen LogP contribution >= 0.6 is 0 Å². The molecule has 1 aliphatic heterocycles. The van der Waals surface area contributed by atoms with Crippen LogP contribution in [0, 0.1) is 6.92 Å². The summed E-state index contributed by atoms with van der Waals surface area (Å²) in [6.45, 7) is 9.40. The molecule has 0 saturated carbocycles. The average molecular weight is 481 g/mol. The van der Waals surface area contributed by atoms with Crippen LogP contribution in [0.3, 0.4) is 0 Å². The second-order valence-electron chi connectivity index (χ2n) is 9.30. The molecule has 0 radical (unpaired) electrons. The predicted octanol–water partition coefficient (Wildman–Crippen LogP) is 4.55. The number of carbonyl (C=O) groups is 2. The third kappa shape index (κ3) is 6.03. The number of hydrogen-bond acceptors (Lipinski definition) is 6. The van der Waals surface area contributed by atoms with Crippen molar-refractivity contribution in [3.05, 3.63) is 64.7 Å². The summed E-state index contributed by atoms with van der Waals surface area (Å²) in [5.74, 6) is -0.0375. The summed E-state index contributed by atoms with van der Waals surface area (Å²) in [4.78, 5) is 29.9. The van der Waals surface area contributed by atoms with Crippen LogP contribution < -0.4 is 9.47 Å². The van der Waals surface area contributed by atoms with Gasteiger partial charge in [0.2, 0.25) is 0 Å². The van der Waals surface area contributed by atoms with Gasteiger partial charge >= 0.3 is 0 Å². The molecule has 0 aromatic heterocycles. The van der Waals surface area contributed by atoms with Gasteiger partial charge in [0.25, 0.3) is 11.7 Å². The van der Waals surface area contributed by atoms with Gasteiger partial charge in [-0.25, -0.2) is 0 Å². The van der Waals surface area contributed by atoms with Gasteiger partial charge in [0.1, 0.15) is 17.3 Å². The Balaban J connectivity index is 2.06. The zero-order valence-corrected chi connectivity index (χ0v) is 21.5. The molecule has 2 aromatic rings. The van der Waals surface area contributed by atoms with Gasteiger partial charge < -0.3 is 24.4 Å². The summed E-state index contributed by atoms with van der Waals surface area (Å²) in [5, 5.41) is 11.3. The van der Waals surface area contributed by atoms with Crippen molar-refractivity contribution in [1.29, 1.82) is 0 Å². The van der Waals surface area contributed by atoms with Gasteiger partial charge in [-0.05, 0) is 96.2 Å². The molecule has 3 rings (SSSR count). The van der Waals surface area contributed by atoms with E-state index in [1.54, 1.807) is 23.1 Å². The van der Waals surface area contributed by atoms with Crippen LogP contribution in [0.4, 0.5) is 0 Å². The highest BCUT2D eigenvalue weighted by atomic mass is 16.5. The molecule has 0 bridgehead atoms. The molecule has 0 spiro atoms. The van der Waals surface area contributed by atoms with Crippen molar-refractivity contribution in [1.82, 2.24) is 9.80 Å². The minimum absolute atomic E-state index is 0.0142. The van der Waals surface area contributed by atoms with Crippen molar-refractivity contribution >= 4 is 17.4 Å². The zero-order valence-electron chi connectivity index (χ0n) is 21.5. The molecular formula is C28H36N2O5. The Morgan fingerprint density at radius 2 is 1.80 bits per heavy atom. The van der Waals surface area contributed by atoms with Gasteiger partial charge in [-0.1, -0.05) is 12.1 Å². The van der Waals surface area contributed by atoms with E-state index in [2.05, 4.69) is 0 Å². The molecule has 188 valence electrons. The van der Waals surface area contributed by atoms with Crippen molar-refractivity contribution in [2.45, 2.75) is 46.3 Å². The van der Waals surface area contributed by atoms with Crippen molar-refractivity contribution < 1.29 is 24.2 Å². The minimum Gasteiger partial charge on any atom is -0.507 e. The molecule has 2 aromatic carbocycles. The van der Waals surface area contributed by atoms with E-state index in [4.69, 9.17) is 9.47 Å². The SMILES string of the molecule is CCOc1ccc(C2/C(=C(/O)c3ccc(OC(C)C)c(C)c3)C(=O)C(=O)N2CCCN(C)C)cc1. The molecule has 0 aliphatic carbocycles. The van der Waals surface area contributed by atoms with Gasteiger partial charge in [0.15, 0.2) is 0 Å². The number of rotatable bonds is 10. The first-order valence-corrected chi connectivity index (χ1v) is 12.1. The van der Waals surface area contributed by atoms with Crippen LogP contribution in [-0.2, 0) is 9.59 Å². The van der Waals surface area contributed by atoms with Gasteiger partial charge in [-0.2, -0.15) is 0 Å². The molecule has 7 nitrogen and oxygen atoms in total. The lowest BCUT2D eigenvalue weighted by Crippen LogP contribution is -2.32. The predicted molar refractivity (Wildman–Crippen MR) is 137 cm³/mol. The Labute approximate surface area is 207 Å². The lowest BCUT2D eigenvalue weighted by atomic mass is 9.94. The molecule has 7 heteroatoms. The Kier molecular flexibility index (Phi) is 8.57. The normalized spacial score (nSPS) is 17.5. The lowest BCUT2D eigenvalue weighted by molar-refractivity contribution is -0.139. The largest absolute Gasteiger partial charge is 0.507 e. The molecule has 1 amide bonds. The number of amides is 1. The number of ketones is 1. The fourth-order valence-corrected chi connectivity index (χ4v) is 4.27. The second-order valence-corrected chi connectivity index (χ2v) is 9.30. The maximum Gasteiger partial charge on any atom is 0.295 e. The summed E-state index contributed by atoms with van der Waals surface area (Å²) in [7, 11) is 3.93. The minimum atomic E-state index is -0.681. The van der Waals surface area contributed by atoms with Crippen LogP contribution in [0.2, 0.25) is 0 Å². The van der Waals surface area contributed by atoms with E-state index in [1.807, 2.05) is 71.0 Å². The fraction of sp³-hybridized carbons (Fsp3) is 0.429. The summed E-state index contributed by atoms with van der Waals surface area (Å²) in [6, 6.07) is 11.9. The Morgan fingerprint density at radius 1 is 1.11 bits per heavy atom. The van der Waals surface area contributed by atoms with Crippen LogP contribution in [0.5, 0.6) is 11.5 Å². The van der Waals surface area contributed by atoms with E-state index in [-0.39, 0.29) is 17.4 Å². The third-order valence-corrected chi connectivity index (χ3v) is 5.86. The highest BCUT2D eigenvalue weighted by Gasteiger charge is 2.45. The molecule has 1 N–H and O–H groups in total. The maximum atomic E-state index is 13.2. The summed E-state index contributed by atoms with van der Waals surface area (Å²) < 4.78 is 11.4. The van der Waals surface area contributed by atoms with Crippen LogP contribution in [0.1, 0.15) is 49.9 Å². The zero-order chi connectivity index (χ0) is 25.7. The fourth-order valence-electron chi connectivity index (χ4n) is 4.27. The summed E-state index contributed by atoms with van der Waals surface area (Å²) >= 11 is 0. The molecular weight excluding hydrogens is 444 g/mol. The Bertz CT molecular complexity index is 1090. The van der Waals surface area contributed by atoms with Crippen molar-refractivity contribution in [2.24, 2.45) is 0 Å². The molecule has 1 atom stereocenters. The van der Waals surface area contributed by atoms with Gasteiger partial charge in [0.05, 0.1) is 24.3 Å².